The lowest BCUT2D eigenvalue weighted by Gasteiger charge is -2.14. The summed E-state index contributed by atoms with van der Waals surface area (Å²) in [4.78, 5) is 29.4. The van der Waals surface area contributed by atoms with Gasteiger partial charge in [-0.05, 0) is 61.7 Å². The molecule has 0 aliphatic rings. The number of rotatable bonds is 5. The highest BCUT2D eigenvalue weighted by Gasteiger charge is 2.16. The van der Waals surface area contributed by atoms with Crippen LogP contribution in [0.15, 0.2) is 35.1 Å². The van der Waals surface area contributed by atoms with Crippen LogP contribution in [0.1, 0.15) is 23.6 Å². The number of imidazole rings is 1. The van der Waals surface area contributed by atoms with Gasteiger partial charge in [-0.1, -0.05) is 23.5 Å². The number of hydrogen-bond donors (Lipinski definition) is 1. The number of ether oxygens (including phenoxy) is 2. The van der Waals surface area contributed by atoms with Crippen molar-refractivity contribution in [2.45, 2.75) is 26.9 Å². The number of nitrogens with zero attached hydrogens (tertiary/aromatic N) is 2. The van der Waals surface area contributed by atoms with Crippen LogP contribution < -0.4 is 19.6 Å². The Balaban J connectivity index is 1.80. The van der Waals surface area contributed by atoms with Crippen LogP contribution in [0, 0.1) is 13.8 Å². The van der Waals surface area contributed by atoms with Gasteiger partial charge in [0, 0.05) is 0 Å². The maximum Gasteiger partial charge on any atom is 0.344 e. The van der Waals surface area contributed by atoms with Gasteiger partial charge in [0.25, 0.3) is 5.56 Å². The molecule has 0 amide bonds. The van der Waals surface area contributed by atoms with Crippen molar-refractivity contribution in [2.24, 2.45) is 0 Å². The van der Waals surface area contributed by atoms with Crippen molar-refractivity contribution in [3.63, 3.8) is 0 Å². The zero-order valence-electron chi connectivity index (χ0n) is 16.9. The summed E-state index contributed by atoms with van der Waals surface area (Å²) >= 11 is 1.33. The maximum atomic E-state index is 13.1. The predicted octanol–water partition coefficient (Wildman–Crippen LogP) is 2.93. The van der Waals surface area contributed by atoms with Gasteiger partial charge in [0.1, 0.15) is 0 Å². The molecule has 154 valence electrons. The minimum Gasteiger partial charge on any atom is -0.493 e. The highest BCUT2D eigenvalue weighted by atomic mass is 32.1. The SMILES string of the molecule is COc1cc(C=c2sc3nc4c(C)cc(C)cc4n3c2=O)ccc1OC(C)C(=O)O. The molecule has 0 fully saturated rings. The molecule has 0 saturated carbocycles. The fourth-order valence-corrected chi connectivity index (χ4v) is 4.35. The van der Waals surface area contributed by atoms with Crippen molar-refractivity contribution >= 4 is 39.4 Å². The lowest BCUT2D eigenvalue weighted by Crippen LogP contribution is -2.23. The van der Waals surface area contributed by atoms with Gasteiger partial charge in [0.05, 0.1) is 22.7 Å². The molecule has 7 nitrogen and oxygen atoms in total. The van der Waals surface area contributed by atoms with Crippen LogP contribution in [0.5, 0.6) is 11.5 Å². The molecule has 4 aromatic rings. The van der Waals surface area contributed by atoms with Crippen LogP contribution in [0.4, 0.5) is 0 Å². The average Bonchev–Trinajstić information content (AvgIpc) is 3.20. The zero-order valence-corrected chi connectivity index (χ0v) is 17.7. The van der Waals surface area contributed by atoms with Crippen LogP contribution in [0.3, 0.4) is 0 Å². The minimum absolute atomic E-state index is 0.124. The zero-order chi connectivity index (χ0) is 21.6. The first-order chi connectivity index (χ1) is 14.3. The number of benzene rings is 2. The largest absolute Gasteiger partial charge is 0.493 e. The van der Waals surface area contributed by atoms with Gasteiger partial charge in [-0.15, -0.1) is 0 Å². The number of fused-ring (bicyclic) bond motifs is 3. The number of hydrogen-bond acceptors (Lipinski definition) is 6. The van der Waals surface area contributed by atoms with E-state index in [0.29, 0.717) is 21.0 Å². The van der Waals surface area contributed by atoms with Crippen molar-refractivity contribution in [1.82, 2.24) is 9.38 Å². The van der Waals surface area contributed by atoms with Gasteiger partial charge in [-0.3, -0.25) is 4.79 Å². The van der Waals surface area contributed by atoms with Gasteiger partial charge in [0.2, 0.25) is 0 Å². The molecule has 1 unspecified atom stereocenters. The molecule has 30 heavy (non-hydrogen) atoms. The second-order valence-electron chi connectivity index (χ2n) is 7.10. The second kappa shape index (κ2) is 7.46. The first kappa shape index (κ1) is 19.9. The van der Waals surface area contributed by atoms with E-state index < -0.39 is 12.1 Å². The summed E-state index contributed by atoms with van der Waals surface area (Å²) in [6, 6.07) is 9.12. The van der Waals surface area contributed by atoms with Crippen LogP contribution in [0.2, 0.25) is 0 Å². The third kappa shape index (κ3) is 3.39. The molecule has 0 bridgehead atoms. The number of carboxylic acid groups (broad SMARTS) is 1. The number of aromatic nitrogens is 2. The third-order valence-corrected chi connectivity index (χ3v) is 5.79. The van der Waals surface area contributed by atoms with E-state index >= 15 is 0 Å². The lowest BCUT2D eigenvalue weighted by atomic mass is 10.1. The van der Waals surface area contributed by atoms with E-state index in [0.717, 1.165) is 27.7 Å². The van der Waals surface area contributed by atoms with Crippen molar-refractivity contribution in [3.05, 3.63) is 61.9 Å². The van der Waals surface area contributed by atoms with Gasteiger partial charge in [-0.25, -0.2) is 14.2 Å². The van der Waals surface area contributed by atoms with Crippen LogP contribution >= 0.6 is 11.3 Å². The van der Waals surface area contributed by atoms with Crippen molar-refractivity contribution < 1.29 is 19.4 Å². The number of carboxylic acids is 1. The summed E-state index contributed by atoms with van der Waals surface area (Å²) < 4.78 is 13.0. The first-order valence-corrected chi connectivity index (χ1v) is 10.1. The molecule has 8 heteroatoms. The summed E-state index contributed by atoms with van der Waals surface area (Å²) in [7, 11) is 1.48. The molecular weight excluding hydrogens is 404 g/mol. The summed E-state index contributed by atoms with van der Waals surface area (Å²) in [5.41, 5.74) is 4.39. The van der Waals surface area contributed by atoms with E-state index in [-0.39, 0.29) is 5.56 Å². The predicted molar refractivity (Wildman–Crippen MR) is 116 cm³/mol. The van der Waals surface area contributed by atoms with E-state index in [2.05, 4.69) is 11.1 Å². The number of aliphatic carboxylic acids is 1. The van der Waals surface area contributed by atoms with Crippen molar-refractivity contribution in [1.29, 1.82) is 0 Å². The second-order valence-corrected chi connectivity index (χ2v) is 8.11. The lowest BCUT2D eigenvalue weighted by molar-refractivity contribution is -0.144. The van der Waals surface area contributed by atoms with E-state index in [1.165, 1.54) is 25.4 Å². The van der Waals surface area contributed by atoms with Gasteiger partial charge >= 0.3 is 5.97 Å². The quantitative estimate of drug-likeness (QED) is 0.530. The van der Waals surface area contributed by atoms with Crippen molar-refractivity contribution in [2.75, 3.05) is 7.11 Å². The number of thiazole rings is 1. The fourth-order valence-electron chi connectivity index (χ4n) is 3.37. The molecule has 1 atom stereocenters. The molecule has 0 aliphatic heterocycles. The summed E-state index contributed by atoms with van der Waals surface area (Å²) in [5, 5.41) is 9.03. The molecule has 0 aliphatic carbocycles. The van der Waals surface area contributed by atoms with E-state index in [9.17, 15) is 9.59 Å². The van der Waals surface area contributed by atoms with E-state index in [1.54, 1.807) is 28.7 Å². The first-order valence-electron chi connectivity index (χ1n) is 9.30. The molecule has 1 N–H and O–H groups in total. The molecule has 2 aromatic heterocycles. The minimum atomic E-state index is -1.07. The topological polar surface area (TPSA) is 90.1 Å². The van der Waals surface area contributed by atoms with Crippen molar-refractivity contribution in [3.8, 4) is 11.5 Å². The van der Waals surface area contributed by atoms with Crippen LogP contribution in [-0.4, -0.2) is 33.7 Å². The Morgan fingerprint density at radius 1 is 1.23 bits per heavy atom. The Bertz CT molecular complexity index is 1400. The van der Waals surface area contributed by atoms with E-state index in [1.807, 2.05) is 19.9 Å². The normalized spacial score (nSPS) is 13.1. The van der Waals surface area contributed by atoms with Gasteiger partial charge < -0.3 is 14.6 Å². The highest BCUT2D eigenvalue weighted by Crippen LogP contribution is 2.29. The number of aryl methyl sites for hydroxylation is 2. The number of methoxy groups -OCH3 is 1. The highest BCUT2D eigenvalue weighted by molar-refractivity contribution is 7.15. The molecule has 0 saturated heterocycles. The Morgan fingerprint density at radius 3 is 2.70 bits per heavy atom. The van der Waals surface area contributed by atoms with Crippen LogP contribution in [-0.2, 0) is 4.79 Å². The summed E-state index contributed by atoms with van der Waals surface area (Å²) in [5.74, 6) is -0.351. The number of carbonyl (C=O) groups is 1. The smallest absolute Gasteiger partial charge is 0.344 e. The molecule has 0 radical (unpaired) electrons. The molecule has 2 aromatic carbocycles. The maximum absolute atomic E-state index is 13.1. The molecule has 2 heterocycles. The molecule has 4 rings (SSSR count). The van der Waals surface area contributed by atoms with Gasteiger partial charge in [0.15, 0.2) is 22.6 Å². The Morgan fingerprint density at radius 2 is 2.00 bits per heavy atom. The monoisotopic (exact) mass is 424 g/mol. The Labute approximate surface area is 175 Å². The molecular formula is C22H20N2O5S. The average molecular weight is 424 g/mol. The standard InChI is InChI=1S/C22H20N2O5S/c1-11-7-12(2)19-15(8-11)24-20(25)18(30-22(24)23-19)10-14-5-6-16(17(9-14)28-4)29-13(3)21(26)27/h5-10,13H,1-4H3,(H,26,27). The Hall–Kier alpha value is -3.39. The Kier molecular flexibility index (Phi) is 4.95. The van der Waals surface area contributed by atoms with Crippen LogP contribution in [0.25, 0.3) is 22.1 Å². The summed E-state index contributed by atoms with van der Waals surface area (Å²) in [6.45, 7) is 5.43. The third-order valence-electron chi connectivity index (χ3n) is 4.82. The fraction of sp³-hybridized carbons (Fsp3) is 0.227. The summed E-state index contributed by atoms with van der Waals surface area (Å²) in [6.07, 6.45) is 0.760. The van der Waals surface area contributed by atoms with Gasteiger partial charge in [-0.2, -0.15) is 0 Å². The molecule has 0 spiro atoms. The van der Waals surface area contributed by atoms with E-state index in [4.69, 9.17) is 14.6 Å².